The van der Waals surface area contributed by atoms with Crippen molar-refractivity contribution in [3.8, 4) is 0 Å². The fourth-order valence-corrected chi connectivity index (χ4v) is 3.60. The Kier molecular flexibility index (Phi) is 5.91. The summed E-state index contributed by atoms with van der Waals surface area (Å²) in [5.41, 5.74) is 0.633. The molecular formula is C21H29N3O4. The average Bonchev–Trinajstić information content (AvgIpc) is 3.32. The summed E-state index contributed by atoms with van der Waals surface area (Å²) in [6, 6.07) is 6.38. The van der Waals surface area contributed by atoms with Crippen molar-refractivity contribution in [3.63, 3.8) is 0 Å². The molecule has 0 radical (unpaired) electrons. The highest BCUT2D eigenvalue weighted by molar-refractivity contribution is 5.98. The number of benzene rings is 1. The molecule has 0 bridgehead atoms. The van der Waals surface area contributed by atoms with Crippen molar-refractivity contribution in [2.24, 2.45) is 0 Å². The quantitative estimate of drug-likeness (QED) is 0.863. The minimum absolute atomic E-state index is 0.0299. The first kappa shape index (κ1) is 20.2. The number of hydrogen-bond acceptors (Lipinski definition) is 4. The van der Waals surface area contributed by atoms with Crippen molar-refractivity contribution >= 4 is 23.6 Å². The third kappa shape index (κ3) is 4.82. The molecule has 1 unspecified atom stereocenters. The Morgan fingerprint density at radius 1 is 1.00 bits per heavy atom. The highest BCUT2D eigenvalue weighted by atomic mass is 16.6. The summed E-state index contributed by atoms with van der Waals surface area (Å²) in [7, 11) is 0. The first-order valence-corrected chi connectivity index (χ1v) is 9.94. The van der Waals surface area contributed by atoms with Gasteiger partial charge in [-0.25, -0.2) is 4.79 Å². The van der Waals surface area contributed by atoms with E-state index in [1.54, 1.807) is 45.0 Å². The zero-order valence-electron chi connectivity index (χ0n) is 16.9. The molecule has 1 N–H and O–H groups in total. The number of hydrogen-bond donors (Lipinski definition) is 1. The van der Waals surface area contributed by atoms with Gasteiger partial charge in [0.25, 0.3) is 5.91 Å². The molecule has 1 aromatic carbocycles. The predicted octanol–water partition coefficient (Wildman–Crippen LogP) is 3.26. The molecule has 2 aliphatic rings. The van der Waals surface area contributed by atoms with Gasteiger partial charge in [0.05, 0.1) is 0 Å². The van der Waals surface area contributed by atoms with Gasteiger partial charge in [0, 0.05) is 30.9 Å². The highest BCUT2D eigenvalue weighted by Crippen LogP contribution is 2.23. The Morgan fingerprint density at radius 3 is 2.25 bits per heavy atom. The molecule has 3 rings (SSSR count). The van der Waals surface area contributed by atoms with Crippen LogP contribution in [0.15, 0.2) is 24.3 Å². The molecule has 2 aliphatic heterocycles. The maximum atomic E-state index is 12.7. The SMILES string of the molecule is CC(C)(C)OC(=O)N1CCCC1C(=O)Nc1ccc(C(=O)N2CCCC2)cc1. The fraction of sp³-hybridized carbons (Fsp3) is 0.571. The van der Waals surface area contributed by atoms with Crippen molar-refractivity contribution in [3.05, 3.63) is 29.8 Å². The molecule has 0 spiro atoms. The topological polar surface area (TPSA) is 79.0 Å². The Morgan fingerprint density at radius 2 is 1.64 bits per heavy atom. The van der Waals surface area contributed by atoms with Crippen molar-refractivity contribution in [1.82, 2.24) is 9.80 Å². The second-order valence-corrected chi connectivity index (χ2v) is 8.40. The summed E-state index contributed by atoms with van der Waals surface area (Å²) in [5.74, 6) is -0.204. The van der Waals surface area contributed by atoms with Crippen molar-refractivity contribution in [2.45, 2.75) is 58.1 Å². The molecule has 1 atom stereocenters. The molecule has 0 aromatic heterocycles. The molecule has 152 valence electrons. The van der Waals surface area contributed by atoms with Crippen LogP contribution in [0.1, 0.15) is 56.8 Å². The van der Waals surface area contributed by atoms with E-state index < -0.39 is 17.7 Å². The van der Waals surface area contributed by atoms with Gasteiger partial charge in [-0.3, -0.25) is 14.5 Å². The molecule has 0 aliphatic carbocycles. The Bertz CT molecular complexity index is 733. The number of ether oxygens (including phenoxy) is 1. The minimum atomic E-state index is -0.599. The van der Waals surface area contributed by atoms with E-state index in [2.05, 4.69) is 5.32 Å². The van der Waals surface area contributed by atoms with E-state index in [0.717, 1.165) is 32.4 Å². The molecule has 1 aromatic rings. The molecule has 3 amide bonds. The van der Waals surface area contributed by atoms with E-state index in [-0.39, 0.29) is 11.8 Å². The lowest BCUT2D eigenvalue weighted by Crippen LogP contribution is -2.45. The van der Waals surface area contributed by atoms with Gasteiger partial charge in [-0.1, -0.05) is 0 Å². The molecule has 7 nitrogen and oxygen atoms in total. The first-order valence-electron chi connectivity index (χ1n) is 9.94. The molecule has 28 heavy (non-hydrogen) atoms. The van der Waals surface area contributed by atoms with Gasteiger partial charge >= 0.3 is 6.09 Å². The zero-order chi connectivity index (χ0) is 20.3. The van der Waals surface area contributed by atoms with Gasteiger partial charge in [0.2, 0.25) is 5.91 Å². The Balaban J connectivity index is 1.60. The Hall–Kier alpha value is -2.57. The number of anilines is 1. The number of likely N-dealkylation sites (tertiary alicyclic amines) is 2. The summed E-state index contributed by atoms with van der Waals surface area (Å²) in [5, 5.41) is 2.85. The van der Waals surface area contributed by atoms with Crippen LogP contribution >= 0.6 is 0 Å². The van der Waals surface area contributed by atoms with Gasteiger partial charge in [-0.05, 0) is 70.7 Å². The molecule has 2 saturated heterocycles. The molecule has 7 heteroatoms. The Labute approximate surface area is 166 Å². The van der Waals surface area contributed by atoms with Crippen molar-refractivity contribution in [1.29, 1.82) is 0 Å². The highest BCUT2D eigenvalue weighted by Gasteiger charge is 2.36. The van der Waals surface area contributed by atoms with Crippen molar-refractivity contribution in [2.75, 3.05) is 25.0 Å². The van der Waals surface area contributed by atoms with E-state index in [1.807, 2.05) is 4.90 Å². The first-order chi connectivity index (χ1) is 13.2. The zero-order valence-corrected chi connectivity index (χ0v) is 16.9. The standard InChI is InChI=1S/C21H29N3O4/c1-21(2,3)28-20(27)24-14-6-7-17(24)18(25)22-16-10-8-15(9-11-16)19(26)23-12-4-5-13-23/h8-11,17H,4-7,12-14H2,1-3H3,(H,22,25). The van der Waals surface area contributed by atoms with Crippen LogP contribution in [-0.4, -0.2) is 59.0 Å². The maximum absolute atomic E-state index is 12.7. The fourth-order valence-electron chi connectivity index (χ4n) is 3.60. The third-order valence-corrected chi connectivity index (χ3v) is 4.98. The third-order valence-electron chi connectivity index (χ3n) is 4.98. The number of nitrogens with zero attached hydrogens (tertiary/aromatic N) is 2. The van der Waals surface area contributed by atoms with Gasteiger partial charge in [0.1, 0.15) is 11.6 Å². The minimum Gasteiger partial charge on any atom is -0.444 e. The van der Waals surface area contributed by atoms with Gasteiger partial charge in [-0.2, -0.15) is 0 Å². The van der Waals surface area contributed by atoms with Crippen LogP contribution < -0.4 is 5.32 Å². The molecule has 0 saturated carbocycles. The summed E-state index contributed by atoms with van der Waals surface area (Å²) in [6.07, 6.45) is 3.01. The number of amides is 3. The van der Waals surface area contributed by atoms with Crippen LogP contribution in [0.3, 0.4) is 0 Å². The summed E-state index contributed by atoms with van der Waals surface area (Å²) < 4.78 is 5.41. The van der Waals surface area contributed by atoms with Crippen LogP contribution in [0.4, 0.5) is 10.5 Å². The maximum Gasteiger partial charge on any atom is 0.410 e. The largest absolute Gasteiger partial charge is 0.444 e. The normalized spacial score (nSPS) is 19.6. The summed E-state index contributed by atoms with van der Waals surface area (Å²) in [6.45, 7) is 7.54. The predicted molar refractivity (Wildman–Crippen MR) is 106 cm³/mol. The second kappa shape index (κ2) is 8.20. The van der Waals surface area contributed by atoms with Crippen LogP contribution in [-0.2, 0) is 9.53 Å². The molecule has 2 heterocycles. The number of carbonyl (C=O) groups excluding carboxylic acids is 3. The van der Waals surface area contributed by atoms with Crippen LogP contribution in [0.2, 0.25) is 0 Å². The smallest absolute Gasteiger partial charge is 0.410 e. The van der Waals surface area contributed by atoms with Gasteiger partial charge in [-0.15, -0.1) is 0 Å². The van der Waals surface area contributed by atoms with Gasteiger partial charge < -0.3 is 15.0 Å². The van der Waals surface area contributed by atoms with Crippen LogP contribution in [0, 0.1) is 0 Å². The van der Waals surface area contributed by atoms with Crippen molar-refractivity contribution < 1.29 is 19.1 Å². The van der Waals surface area contributed by atoms with Crippen LogP contribution in [0.25, 0.3) is 0 Å². The summed E-state index contributed by atoms with van der Waals surface area (Å²) in [4.78, 5) is 40.8. The monoisotopic (exact) mass is 387 g/mol. The summed E-state index contributed by atoms with van der Waals surface area (Å²) >= 11 is 0. The number of rotatable bonds is 3. The average molecular weight is 387 g/mol. The van der Waals surface area contributed by atoms with E-state index in [0.29, 0.717) is 24.2 Å². The van der Waals surface area contributed by atoms with E-state index in [9.17, 15) is 14.4 Å². The molecule has 2 fully saturated rings. The van der Waals surface area contributed by atoms with E-state index in [1.165, 1.54) is 4.90 Å². The molecular weight excluding hydrogens is 358 g/mol. The second-order valence-electron chi connectivity index (χ2n) is 8.40. The van der Waals surface area contributed by atoms with E-state index >= 15 is 0 Å². The lowest BCUT2D eigenvalue weighted by Gasteiger charge is -2.28. The van der Waals surface area contributed by atoms with E-state index in [4.69, 9.17) is 4.74 Å². The lowest BCUT2D eigenvalue weighted by molar-refractivity contribution is -0.120. The lowest BCUT2D eigenvalue weighted by atomic mass is 10.1. The van der Waals surface area contributed by atoms with Crippen LogP contribution in [0.5, 0.6) is 0 Å². The van der Waals surface area contributed by atoms with Gasteiger partial charge in [0.15, 0.2) is 0 Å². The number of carbonyl (C=O) groups is 3. The number of nitrogens with one attached hydrogen (secondary N) is 1.